The van der Waals surface area contributed by atoms with Crippen LogP contribution in [0, 0.1) is 0 Å². The van der Waals surface area contributed by atoms with E-state index in [2.05, 4.69) is 39.4 Å². The Balaban J connectivity index is 1.54. The van der Waals surface area contributed by atoms with Crippen LogP contribution in [-0.4, -0.2) is 59.2 Å². The van der Waals surface area contributed by atoms with E-state index < -0.39 is 0 Å². The van der Waals surface area contributed by atoms with Gasteiger partial charge in [0.15, 0.2) is 5.69 Å². The van der Waals surface area contributed by atoms with Crippen molar-refractivity contribution in [2.75, 3.05) is 32.1 Å². The van der Waals surface area contributed by atoms with Crippen molar-refractivity contribution >= 4 is 11.6 Å². The van der Waals surface area contributed by atoms with E-state index in [1.165, 1.54) is 11.0 Å². The molecule has 2 heterocycles. The number of hydrogen-bond acceptors (Lipinski definition) is 5. The SMILES string of the molecule is CN(C)c1ccc(CN(C[C@@H]2CCCO2)C(=O)c2cnn(-c3ccccc3)n2)cc1. The topological polar surface area (TPSA) is 63.5 Å². The number of hydrogen-bond donors (Lipinski definition) is 0. The zero-order valence-electron chi connectivity index (χ0n) is 17.4. The van der Waals surface area contributed by atoms with Gasteiger partial charge in [0, 0.05) is 39.5 Å². The van der Waals surface area contributed by atoms with Crippen LogP contribution in [0.25, 0.3) is 5.69 Å². The van der Waals surface area contributed by atoms with Crippen LogP contribution in [0.5, 0.6) is 0 Å². The van der Waals surface area contributed by atoms with Crippen molar-refractivity contribution in [3.63, 3.8) is 0 Å². The van der Waals surface area contributed by atoms with Crippen molar-refractivity contribution in [3.05, 3.63) is 72.1 Å². The Kier molecular flexibility index (Phi) is 6.09. The molecular formula is C23H27N5O2. The molecule has 0 N–H and O–H groups in total. The Labute approximate surface area is 176 Å². The fourth-order valence-electron chi connectivity index (χ4n) is 3.58. The van der Waals surface area contributed by atoms with Crippen molar-refractivity contribution in [2.45, 2.75) is 25.5 Å². The van der Waals surface area contributed by atoms with E-state index in [0.717, 1.165) is 36.4 Å². The lowest BCUT2D eigenvalue weighted by atomic mass is 10.1. The van der Waals surface area contributed by atoms with E-state index in [0.29, 0.717) is 18.8 Å². The zero-order valence-corrected chi connectivity index (χ0v) is 17.4. The number of ether oxygens (including phenoxy) is 1. The second-order valence-corrected chi connectivity index (χ2v) is 7.74. The summed E-state index contributed by atoms with van der Waals surface area (Å²) in [5.41, 5.74) is 3.35. The first-order chi connectivity index (χ1) is 14.6. The van der Waals surface area contributed by atoms with Crippen molar-refractivity contribution in [1.82, 2.24) is 19.9 Å². The molecule has 1 saturated heterocycles. The smallest absolute Gasteiger partial charge is 0.276 e. The minimum Gasteiger partial charge on any atom is -0.378 e. The summed E-state index contributed by atoms with van der Waals surface area (Å²) in [6.07, 6.45) is 3.61. The Morgan fingerprint density at radius 2 is 1.90 bits per heavy atom. The predicted molar refractivity (Wildman–Crippen MR) is 116 cm³/mol. The lowest BCUT2D eigenvalue weighted by Crippen LogP contribution is -2.37. The van der Waals surface area contributed by atoms with Crippen molar-refractivity contribution in [2.24, 2.45) is 0 Å². The zero-order chi connectivity index (χ0) is 20.9. The molecule has 0 radical (unpaired) electrons. The highest BCUT2D eigenvalue weighted by molar-refractivity contribution is 5.92. The highest BCUT2D eigenvalue weighted by Crippen LogP contribution is 2.19. The molecule has 0 saturated carbocycles. The molecule has 1 amide bonds. The van der Waals surface area contributed by atoms with Crippen LogP contribution in [0.4, 0.5) is 5.69 Å². The first kappa shape index (κ1) is 20.1. The van der Waals surface area contributed by atoms with Gasteiger partial charge in [0.25, 0.3) is 5.91 Å². The maximum Gasteiger partial charge on any atom is 0.276 e. The lowest BCUT2D eigenvalue weighted by Gasteiger charge is -2.25. The van der Waals surface area contributed by atoms with Crippen molar-refractivity contribution in [3.8, 4) is 5.69 Å². The van der Waals surface area contributed by atoms with Crippen LogP contribution < -0.4 is 4.90 Å². The molecule has 0 spiro atoms. The summed E-state index contributed by atoms with van der Waals surface area (Å²) in [5.74, 6) is -0.135. The third-order valence-electron chi connectivity index (χ3n) is 5.26. The summed E-state index contributed by atoms with van der Waals surface area (Å²) in [6.45, 7) is 1.81. The second kappa shape index (κ2) is 9.09. The summed E-state index contributed by atoms with van der Waals surface area (Å²) in [5, 5.41) is 8.70. The molecular weight excluding hydrogens is 378 g/mol. The van der Waals surface area contributed by atoms with Gasteiger partial charge in [0.2, 0.25) is 0 Å². The van der Waals surface area contributed by atoms with Gasteiger partial charge in [0.05, 0.1) is 18.0 Å². The minimum absolute atomic E-state index is 0.0687. The molecule has 7 nitrogen and oxygen atoms in total. The number of para-hydroxylation sites is 1. The molecule has 0 aliphatic carbocycles. The Morgan fingerprint density at radius 3 is 2.57 bits per heavy atom. The molecule has 1 fully saturated rings. The molecule has 0 bridgehead atoms. The van der Waals surface area contributed by atoms with Crippen LogP contribution in [0.3, 0.4) is 0 Å². The Bertz CT molecular complexity index is 963. The first-order valence-corrected chi connectivity index (χ1v) is 10.2. The van der Waals surface area contributed by atoms with Crippen molar-refractivity contribution in [1.29, 1.82) is 0 Å². The Hall–Kier alpha value is -3.19. The maximum atomic E-state index is 13.3. The molecule has 1 aromatic heterocycles. The fraction of sp³-hybridized carbons (Fsp3) is 0.348. The number of amides is 1. The van der Waals surface area contributed by atoms with Crippen LogP contribution in [0.15, 0.2) is 60.8 Å². The molecule has 1 aliphatic rings. The van der Waals surface area contributed by atoms with E-state index in [1.807, 2.05) is 49.3 Å². The third-order valence-corrected chi connectivity index (χ3v) is 5.26. The quantitative estimate of drug-likeness (QED) is 0.604. The number of nitrogens with zero attached hydrogens (tertiary/aromatic N) is 5. The third kappa shape index (κ3) is 4.68. The van der Waals surface area contributed by atoms with E-state index >= 15 is 0 Å². The maximum absolute atomic E-state index is 13.3. The van der Waals surface area contributed by atoms with Gasteiger partial charge in [-0.05, 0) is 42.7 Å². The molecule has 3 aromatic rings. The number of carbonyl (C=O) groups excluding carboxylic acids is 1. The van der Waals surface area contributed by atoms with Gasteiger partial charge in [-0.1, -0.05) is 30.3 Å². The average Bonchev–Trinajstić information content (AvgIpc) is 3.46. The molecule has 156 valence electrons. The summed E-state index contributed by atoms with van der Waals surface area (Å²) in [6, 6.07) is 17.8. The van der Waals surface area contributed by atoms with Gasteiger partial charge >= 0.3 is 0 Å². The molecule has 30 heavy (non-hydrogen) atoms. The van der Waals surface area contributed by atoms with Gasteiger partial charge in [0.1, 0.15) is 0 Å². The van der Waals surface area contributed by atoms with Gasteiger partial charge in [-0.2, -0.15) is 9.90 Å². The number of rotatable bonds is 7. The van der Waals surface area contributed by atoms with E-state index in [-0.39, 0.29) is 12.0 Å². The molecule has 4 rings (SSSR count). The van der Waals surface area contributed by atoms with Crippen molar-refractivity contribution < 1.29 is 9.53 Å². The highest BCUT2D eigenvalue weighted by Gasteiger charge is 2.25. The Morgan fingerprint density at radius 1 is 1.13 bits per heavy atom. The first-order valence-electron chi connectivity index (χ1n) is 10.2. The number of anilines is 1. The number of benzene rings is 2. The van der Waals surface area contributed by atoms with Gasteiger partial charge in [-0.25, -0.2) is 0 Å². The summed E-state index contributed by atoms with van der Waals surface area (Å²) in [4.78, 5) is 18.7. The second-order valence-electron chi connectivity index (χ2n) is 7.74. The monoisotopic (exact) mass is 405 g/mol. The molecule has 7 heteroatoms. The average molecular weight is 406 g/mol. The normalized spacial score (nSPS) is 15.9. The van der Waals surface area contributed by atoms with E-state index in [4.69, 9.17) is 4.74 Å². The minimum atomic E-state index is -0.135. The standard InChI is InChI=1S/C23H27N5O2/c1-26(2)19-12-10-18(11-13-19)16-27(17-21-9-6-14-30-21)23(29)22-15-24-28(25-22)20-7-4-3-5-8-20/h3-5,7-8,10-13,15,21H,6,9,14,16-17H2,1-2H3/t21-/m0/s1. The van der Waals surface area contributed by atoms with Gasteiger partial charge in [-0.3, -0.25) is 4.79 Å². The predicted octanol–water partition coefficient (Wildman–Crippen LogP) is 3.15. The molecule has 1 aliphatic heterocycles. The summed E-state index contributed by atoms with van der Waals surface area (Å²) < 4.78 is 5.79. The van der Waals surface area contributed by atoms with E-state index in [9.17, 15) is 4.79 Å². The fourth-order valence-corrected chi connectivity index (χ4v) is 3.58. The summed E-state index contributed by atoms with van der Waals surface area (Å²) in [7, 11) is 4.02. The van der Waals surface area contributed by atoms with Crippen LogP contribution in [0.2, 0.25) is 0 Å². The molecule has 0 unspecified atom stereocenters. The molecule has 1 atom stereocenters. The summed E-state index contributed by atoms with van der Waals surface area (Å²) >= 11 is 0. The van der Waals surface area contributed by atoms with E-state index in [1.54, 1.807) is 0 Å². The van der Waals surface area contributed by atoms with Gasteiger partial charge in [-0.15, -0.1) is 5.10 Å². The largest absolute Gasteiger partial charge is 0.378 e. The highest BCUT2D eigenvalue weighted by atomic mass is 16.5. The number of carbonyl (C=O) groups is 1. The van der Waals surface area contributed by atoms with Crippen LogP contribution >= 0.6 is 0 Å². The van der Waals surface area contributed by atoms with Gasteiger partial charge < -0.3 is 14.5 Å². The van der Waals surface area contributed by atoms with Crippen LogP contribution in [-0.2, 0) is 11.3 Å². The number of aromatic nitrogens is 3. The molecule has 2 aromatic carbocycles. The lowest BCUT2D eigenvalue weighted by molar-refractivity contribution is 0.0502. The van der Waals surface area contributed by atoms with Crippen LogP contribution in [0.1, 0.15) is 28.9 Å².